The predicted octanol–water partition coefficient (Wildman–Crippen LogP) is 11.5. The van der Waals surface area contributed by atoms with Crippen LogP contribution in [0, 0.1) is 0 Å². The molecule has 0 spiro atoms. The van der Waals surface area contributed by atoms with Crippen LogP contribution in [-0.2, 0) is 28.2 Å². The lowest BCUT2D eigenvalue weighted by Gasteiger charge is -2.18. The Morgan fingerprint density at radius 1 is 0.574 bits per heavy atom. The predicted molar refractivity (Wildman–Crippen MR) is 193 cm³/mol. The Bertz CT molecular complexity index is 769. The SMILES string of the molecule is C=CCCCCCCCCCCCCCCCC(=O)O[C@H](COC(=O)CCCCCCCCCCCCCCCC)COP(=O)(O)O. The number of unbranched alkanes of at least 4 members (excludes halogenated alkanes) is 26. The van der Waals surface area contributed by atoms with Crippen molar-refractivity contribution in [3.05, 3.63) is 12.7 Å². The number of rotatable bonds is 37. The maximum atomic E-state index is 12.4. The van der Waals surface area contributed by atoms with E-state index in [4.69, 9.17) is 19.3 Å². The maximum absolute atomic E-state index is 12.4. The number of phosphoric ester groups is 1. The molecule has 0 saturated heterocycles. The van der Waals surface area contributed by atoms with Gasteiger partial charge in [0.25, 0.3) is 0 Å². The quantitative estimate of drug-likeness (QED) is 0.0286. The molecule has 0 amide bonds. The molecule has 0 aliphatic rings. The van der Waals surface area contributed by atoms with Crippen molar-refractivity contribution in [1.82, 2.24) is 0 Å². The first kappa shape index (κ1) is 45.8. The van der Waals surface area contributed by atoms with Gasteiger partial charge < -0.3 is 19.3 Å². The maximum Gasteiger partial charge on any atom is 0.469 e. The highest BCUT2D eigenvalue weighted by molar-refractivity contribution is 7.46. The summed E-state index contributed by atoms with van der Waals surface area (Å²) in [6.07, 6.45) is 35.4. The monoisotopic (exact) mass is 689 g/mol. The van der Waals surface area contributed by atoms with Crippen molar-refractivity contribution in [2.75, 3.05) is 13.2 Å². The second-order valence-electron chi connectivity index (χ2n) is 13.4. The molecule has 8 nitrogen and oxygen atoms in total. The Morgan fingerprint density at radius 2 is 0.936 bits per heavy atom. The molecule has 0 aliphatic carbocycles. The molecule has 9 heteroatoms. The van der Waals surface area contributed by atoms with Gasteiger partial charge in [0.15, 0.2) is 6.10 Å². The van der Waals surface area contributed by atoms with Crippen LogP contribution in [0.15, 0.2) is 12.7 Å². The zero-order valence-corrected chi connectivity index (χ0v) is 31.2. The molecular weight excluding hydrogens is 615 g/mol. The highest BCUT2D eigenvalue weighted by Gasteiger charge is 2.22. The normalized spacial score (nSPS) is 12.2. The van der Waals surface area contributed by atoms with Crippen LogP contribution in [-0.4, -0.2) is 41.0 Å². The molecule has 0 aromatic carbocycles. The first-order valence-electron chi connectivity index (χ1n) is 19.4. The fraction of sp³-hybridized carbons (Fsp3) is 0.895. The summed E-state index contributed by atoms with van der Waals surface area (Å²) in [6.45, 7) is 5.21. The Labute approximate surface area is 288 Å². The third-order valence-electron chi connectivity index (χ3n) is 8.68. The van der Waals surface area contributed by atoms with Crippen molar-refractivity contribution in [3.8, 4) is 0 Å². The van der Waals surface area contributed by atoms with Crippen LogP contribution >= 0.6 is 7.82 Å². The fourth-order valence-electron chi connectivity index (χ4n) is 5.77. The van der Waals surface area contributed by atoms with Crippen LogP contribution in [0.1, 0.15) is 200 Å². The largest absolute Gasteiger partial charge is 0.469 e. The van der Waals surface area contributed by atoms with Gasteiger partial charge in [0.1, 0.15) is 6.61 Å². The van der Waals surface area contributed by atoms with Crippen LogP contribution in [0.25, 0.3) is 0 Å². The molecule has 0 unspecified atom stereocenters. The van der Waals surface area contributed by atoms with E-state index < -0.39 is 32.5 Å². The molecular formula is C38H73O8P. The molecule has 47 heavy (non-hydrogen) atoms. The Kier molecular flexibility index (Phi) is 33.8. The van der Waals surface area contributed by atoms with Gasteiger partial charge in [-0.25, -0.2) is 4.57 Å². The summed E-state index contributed by atoms with van der Waals surface area (Å²) < 4.78 is 26.3. The van der Waals surface area contributed by atoms with Gasteiger partial charge in [-0.2, -0.15) is 0 Å². The van der Waals surface area contributed by atoms with Crippen LogP contribution < -0.4 is 0 Å². The van der Waals surface area contributed by atoms with E-state index in [2.05, 4.69) is 18.0 Å². The number of ether oxygens (including phenoxy) is 2. The molecule has 0 bridgehead atoms. The van der Waals surface area contributed by atoms with Gasteiger partial charge in [-0.3, -0.25) is 14.1 Å². The number of carbonyl (C=O) groups is 2. The van der Waals surface area contributed by atoms with Crippen molar-refractivity contribution in [3.63, 3.8) is 0 Å². The number of esters is 2. The van der Waals surface area contributed by atoms with Crippen molar-refractivity contribution in [2.45, 2.75) is 206 Å². The third-order valence-corrected chi connectivity index (χ3v) is 9.17. The summed E-state index contributed by atoms with van der Waals surface area (Å²) in [5, 5.41) is 0. The molecule has 278 valence electrons. The summed E-state index contributed by atoms with van der Waals surface area (Å²) in [5.74, 6) is -0.878. The van der Waals surface area contributed by atoms with Gasteiger partial charge >= 0.3 is 19.8 Å². The highest BCUT2D eigenvalue weighted by atomic mass is 31.2. The van der Waals surface area contributed by atoms with Crippen molar-refractivity contribution in [2.24, 2.45) is 0 Å². The molecule has 0 fully saturated rings. The molecule has 0 aromatic heterocycles. The average Bonchev–Trinajstić information content (AvgIpc) is 3.03. The topological polar surface area (TPSA) is 119 Å². The number of phosphoric acid groups is 1. The van der Waals surface area contributed by atoms with Crippen molar-refractivity contribution in [1.29, 1.82) is 0 Å². The van der Waals surface area contributed by atoms with E-state index in [0.29, 0.717) is 6.42 Å². The van der Waals surface area contributed by atoms with Gasteiger partial charge in [0.2, 0.25) is 0 Å². The Hall–Kier alpha value is -1.21. The number of hydrogen-bond acceptors (Lipinski definition) is 6. The molecule has 0 rings (SSSR count). The van der Waals surface area contributed by atoms with Gasteiger partial charge in [-0.1, -0.05) is 167 Å². The van der Waals surface area contributed by atoms with E-state index in [0.717, 1.165) is 44.9 Å². The molecule has 0 aromatic rings. The van der Waals surface area contributed by atoms with E-state index in [1.54, 1.807) is 0 Å². The van der Waals surface area contributed by atoms with Gasteiger partial charge in [-0.15, -0.1) is 6.58 Å². The minimum atomic E-state index is -4.74. The van der Waals surface area contributed by atoms with Crippen molar-refractivity contribution < 1.29 is 37.9 Å². The lowest BCUT2D eigenvalue weighted by Crippen LogP contribution is -2.29. The van der Waals surface area contributed by atoms with Crippen LogP contribution in [0.4, 0.5) is 0 Å². The van der Waals surface area contributed by atoms with E-state index in [1.807, 2.05) is 6.08 Å². The first-order valence-corrected chi connectivity index (χ1v) is 21.0. The second-order valence-corrected chi connectivity index (χ2v) is 14.6. The molecule has 0 heterocycles. The van der Waals surface area contributed by atoms with Crippen LogP contribution in [0.3, 0.4) is 0 Å². The standard InChI is InChI=1S/C38H73O8P/c1-3-5-7-9-11-13-15-17-19-21-23-25-27-29-31-33-38(40)46-36(35-45-47(41,42)43)34-44-37(39)32-30-28-26-24-22-20-18-16-14-12-10-8-6-4-2/h3,36H,1,4-35H2,2H3,(H2,41,42,43)/t36-/m1/s1. The first-order chi connectivity index (χ1) is 22.8. The number of hydrogen-bond donors (Lipinski definition) is 2. The highest BCUT2D eigenvalue weighted by Crippen LogP contribution is 2.36. The summed E-state index contributed by atoms with van der Waals surface area (Å²) >= 11 is 0. The lowest BCUT2D eigenvalue weighted by atomic mass is 10.0. The third kappa shape index (κ3) is 37.5. The van der Waals surface area contributed by atoms with Crippen LogP contribution in [0.5, 0.6) is 0 Å². The fourth-order valence-corrected chi connectivity index (χ4v) is 6.13. The lowest BCUT2D eigenvalue weighted by molar-refractivity contribution is -0.161. The Morgan fingerprint density at radius 3 is 1.32 bits per heavy atom. The van der Waals surface area contributed by atoms with Gasteiger partial charge in [0.05, 0.1) is 6.61 Å². The van der Waals surface area contributed by atoms with E-state index in [9.17, 15) is 14.2 Å². The van der Waals surface area contributed by atoms with Crippen molar-refractivity contribution >= 4 is 19.8 Å². The molecule has 0 saturated carbocycles. The Balaban J connectivity index is 3.90. The minimum absolute atomic E-state index is 0.214. The summed E-state index contributed by atoms with van der Waals surface area (Å²) in [5.41, 5.74) is 0. The molecule has 2 N–H and O–H groups in total. The van der Waals surface area contributed by atoms with E-state index in [-0.39, 0.29) is 19.4 Å². The summed E-state index contributed by atoms with van der Waals surface area (Å²) in [7, 11) is -4.74. The smallest absolute Gasteiger partial charge is 0.462 e. The zero-order valence-electron chi connectivity index (χ0n) is 30.3. The van der Waals surface area contributed by atoms with E-state index in [1.165, 1.54) is 128 Å². The number of allylic oxidation sites excluding steroid dienone is 1. The average molecular weight is 689 g/mol. The van der Waals surface area contributed by atoms with Crippen LogP contribution in [0.2, 0.25) is 0 Å². The van der Waals surface area contributed by atoms with Gasteiger partial charge in [0, 0.05) is 12.8 Å². The summed E-state index contributed by atoms with van der Waals surface area (Å²) in [4.78, 5) is 42.7. The zero-order chi connectivity index (χ0) is 34.7. The van der Waals surface area contributed by atoms with E-state index >= 15 is 0 Å². The minimum Gasteiger partial charge on any atom is -0.462 e. The summed E-state index contributed by atoms with van der Waals surface area (Å²) in [6, 6.07) is 0. The second kappa shape index (κ2) is 34.6. The molecule has 1 atom stereocenters. The van der Waals surface area contributed by atoms with Gasteiger partial charge in [-0.05, 0) is 25.7 Å². The molecule has 0 aliphatic heterocycles. The number of carbonyl (C=O) groups excluding carboxylic acids is 2. The molecule has 0 radical (unpaired) electrons.